The standard InChI is InChI=1S/C22H28N4O6/c1-4-25-20(23)19(21(28)26(5-2)22(25)29)24-18(27)9-7-14-6-8-16(30-3)17(12-14)32-15-10-11-31-13-15/h6-9,12,15H,4-5,10-11,13,23H2,1-3H3,(H,24,27)/b9-7+. The smallest absolute Gasteiger partial charge is 0.332 e. The lowest BCUT2D eigenvalue weighted by Gasteiger charge is -2.15. The average Bonchev–Trinajstić information content (AvgIpc) is 3.29. The molecule has 0 bridgehead atoms. The molecular formula is C22H28N4O6. The Morgan fingerprint density at radius 1 is 1.25 bits per heavy atom. The lowest BCUT2D eigenvalue weighted by molar-refractivity contribution is -0.111. The summed E-state index contributed by atoms with van der Waals surface area (Å²) in [5, 5.41) is 2.51. The molecule has 0 spiro atoms. The average molecular weight is 444 g/mol. The van der Waals surface area contributed by atoms with Crippen LogP contribution in [0.2, 0.25) is 0 Å². The van der Waals surface area contributed by atoms with Gasteiger partial charge in [-0.1, -0.05) is 6.07 Å². The van der Waals surface area contributed by atoms with Crippen LogP contribution in [0.1, 0.15) is 25.8 Å². The van der Waals surface area contributed by atoms with Gasteiger partial charge < -0.3 is 25.3 Å². The first kappa shape index (κ1) is 23.1. The molecule has 1 saturated heterocycles. The van der Waals surface area contributed by atoms with Crippen molar-refractivity contribution in [2.75, 3.05) is 31.4 Å². The zero-order chi connectivity index (χ0) is 23.3. The van der Waals surface area contributed by atoms with Gasteiger partial charge in [0.05, 0.1) is 20.3 Å². The molecule has 32 heavy (non-hydrogen) atoms. The van der Waals surface area contributed by atoms with Gasteiger partial charge in [0.1, 0.15) is 17.6 Å². The van der Waals surface area contributed by atoms with Gasteiger partial charge in [-0.15, -0.1) is 0 Å². The van der Waals surface area contributed by atoms with E-state index in [0.717, 1.165) is 11.0 Å². The Bertz CT molecular complexity index is 1130. The number of benzene rings is 1. The van der Waals surface area contributed by atoms with Crippen LogP contribution in [-0.4, -0.2) is 41.5 Å². The van der Waals surface area contributed by atoms with Crippen LogP contribution < -0.4 is 31.8 Å². The van der Waals surface area contributed by atoms with Crippen molar-refractivity contribution in [1.29, 1.82) is 0 Å². The molecule has 2 heterocycles. The molecule has 1 aromatic heterocycles. The number of rotatable bonds is 8. The molecule has 0 aliphatic carbocycles. The number of ether oxygens (including phenoxy) is 3. The van der Waals surface area contributed by atoms with Crippen LogP contribution in [0, 0.1) is 0 Å². The first-order valence-electron chi connectivity index (χ1n) is 10.4. The van der Waals surface area contributed by atoms with Crippen molar-refractivity contribution < 1.29 is 19.0 Å². The second-order valence-electron chi connectivity index (χ2n) is 7.17. The van der Waals surface area contributed by atoms with E-state index in [-0.39, 0.29) is 30.7 Å². The number of nitrogens with two attached hydrogens (primary N) is 1. The Hall–Kier alpha value is -3.53. The molecule has 1 aromatic carbocycles. The lowest BCUT2D eigenvalue weighted by Crippen LogP contribution is -2.42. The third kappa shape index (κ3) is 4.86. The Kier molecular flexibility index (Phi) is 7.37. The third-order valence-electron chi connectivity index (χ3n) is 5.14. The summed E-state index contributed by atoms with van der Waals surface area (Å²) in [6, 6.07) is 5.28. The summed E-state index contributed by atoms with van der Waals surface area (Å²) >= 11 is 0. The topological polar surface area (TPSA) is 127 Å². The first-order valence-corrected chi connectivity index (χ1v) is 10.4. The summed E-state index contributed by atoms with van der Waals surface area (Å²) in [6.45, 7) is 5.01. The number of nitrogens with one attached hydrogen (secondary N) is 1. The van der Waals surface area contributed by atoms with Crippen LogP contribution in [0.15, 0.2) is 33.9 Å². The number of hydrogen-bond acceptors (Lipinski definition) is 7. The Morgan fingerprint density at radius 2 is 2.00 bits per heavy atom. The molecule has 3 N–H and O–H groups in total. The van der Waals surface area contributed by atoms with E-state index >= 15 is 0 Å². The molecule has 1 atom stereocenters. The Morgan fingerprint density at radius 3 is 2.62 bits per heavy atom. The van der Waals surface area contributed by atoms with Crippen molar-refractivity contribution in [1.82, 2.24) is 9.13 Å². The van der Waals surface area contributed by atoms with Gasteiger partial charge in [0.15, 0.2) is 11.5 Å². The van der Waals surface area contributed by atoms with Crippen molar-refractivity contribution >= 4 is 23.5 Å². The highest BCUT2D eigenvalue weighted by atomic mass is 16.6. The van der Waals surface area contributed by atoms with E-state index in [0.29, 0.717) is 30.3 Å². The number of anilines is 2. The van der Waals surface area contributed by atoms with Crippen molar-refractivity contribution in [3.8, 4) is 11.5 Å². The maximum Gasteiger partial charge on any atom is 0.332 e. The van der Waals surface area contributed by atoms with Crippen molar-refractivity contribution in [2.24, 2.45) is 0 Å². The fraction of sp³-hybridized carbons (Fsp3) is 0.409. The molecule has 1 unspecified atom stereocenters. The predicted octanol–water partition coefficient (Wildman–Crippen LogP) is 1.46. The fourth-order valence-electron chi connectivity index (χ4n) is 3.43. The largest absolute Gasteiger partial charge is 0.493 e. The summed E-state index contributed by atoms with van der Waals surface area (Å²) in [4.78, 5) is 37.4. The summed E-state index contributed by atoms with van der Waals surface area (Å²) in [5.74, 6) is 0.497. The van der Waals surface area contributed by atoms with Crippen LogP contribution >= 0.6 is 0 Å². The molecular weight excluding hydrogens is 416 g/mol. The van der Waals surface area contributed by atoms with Gasteiger partial charge in [0.2, 0.25) is 5.91 Å². The van der Waals surface area contributed by atoms with Crippen LogP contribution in [0.5, 0.6) is 11.5 Å². The van der Waals surface area contributed by atoms with Crippen molar-refractivity contribution in [2.45, 2.75) is 39.5 Å². The number of nitrogen functional groups attached to an aromatic ring is 1. The minimum absolute atomic E-state index is 0.0515. The summed E-state index contributed by atoms with van der Waals surface area (Å²) in [7, 11) is 1.56. The van der Waals surface area contributed by atoms with Gasteiger partial charge in [-0.3, -0.25) is 18.7 Å². The molecule has 10 nitrogen and oxygen atoms in total. The highest BCUT2D eigenvalue weighted by molar-refractivity contribution is 6.03. The van der Waals surface area contributed by atoms with Gasteiger partial charge in [-0.05, 0) is 37.6 Å². The molecule has 1 aliphatic rings. The van der Waals surface area contributed by atoms with Crippen LogP contribution in [-0.2, 0) is 22.6 Å². The molecule has 1 aliphatic heterocycles. The molecule has 2 aromatic rings. The lowest BCUT2D eigenvalue weighted by atomic mass is 10.2. The minimum atomic E-state index is -0.639. The Labute approximate surface area is 185 Å². The number of methoxy groups -OCH3 is 1. The zero-order valence-corrected chi connectivity index (χ0v) is 18.4. The number of carbonyl (C=O) groups excluding carboxylic acids is 1. The van der Waals surface area contributed by atoms with Gasteiger partial charge in [-0.2, -0.15) is 0 Å². The third-order valence-corrected chi connectivity index (χ3v) is 5.14. The van der Waals surface area contributed by atoms with E-state index in [1.165, 1.54) is 10.6 Å². The number of nitrogens with zero attached hydrogens (tertiary/aromatic N) is 2. The maximum absolute atomic E-state index is 12.6. The molecule has 1 fully saturated rings. The zero-order valence-electron chi connectivity index (χ0n) is 18.4. The van der Waals surface area contributed by atoms with E-state index in [1.807, 2.05) is 0 Å². The van der Waals surface area contributed by atoms with Crippen LogP contribution in [0.25, 0.3) is 6.08 Å². The summed E-state index contributed by atoms with van der Waals surface area (Å²) < 4.78 is 18.9. The Balaban J connectivity index is 1.81. The minimum Gasteiger partial charge on any atom is -0.493 e. The van der Waals surface area contributed by atoms with Crippen molar-refractivity contribution in [3.63, 3.8) is 0 Å². The number of amides is 1. The molecule has 172 valence electrons. The summed E-state index contributed by atoms with van der Waals surface area (Å²) in [5.41, 5.74) is 5.41. The normalized spacial score (nSPS) is 15.8. The second-order valence-corrected chi connectivity index (χ2v) is 7.17. The van der Waals surface area contributed by atoms with Crippen molar-refractivity contribution in [3.05, 3.63) is 50.7 Å². The van der Waals surface area contributed by atoms with Gasteiger partial charge in [-0.25, -0.2) is 4.79 Å². The number of aromatic nitrogens is 2. The van der Waals surface area contributed by atoms with Crippen LogP contribution in [0.4, 0.5) is 11.5 Å². The number of carbonyl (C=O) groups is 1. The molecule has 10 heteroatoms. The van der Waals surface area contributed by atoms with Crippen LogP contribution in [0.3, 0.4) is 0 Å². The SMILES string of the molecule is CCn1c(N)c(NC(=O)/C=C/c2ccc(OC)c(OC3CCOC3)c2)c(=O)n(CC)c1=O. The first-order chi connectivity index (χ1) is 15.4. The maximum atomic E-state index is 12.6. The van der Waals surface area contributed by atoms with E-state index in [9.17, 15) is 14.4 Å². The van der Waals surface area contributed by atoms with Gasteiger partial charge in [0, 0.05) is 25.6 Å². The second kappa shape index (κ2) is 10.2. The summed E-state index contributed by atoms with van der Waals surface area (Å²) in [6.07, 6.45) is 3.60. The number of hydrogen-bond donors (Lipinski definition) is 2. The van der Waals surface area contributed by atoms with E-state index in [4.69, 9.17) is 19.9 Å². The molecule has 0 saturated carbocycles. The monoisotopic (exact) mass is 444 g/mol. The van der Waals surface area contributed by atoms with Gasteiger partial charge in [0.25, 0.3) is 5.56 Å². The molecule has 0 radical (unpaired) electrons. The van der Waals surface area contributed by atoms with Gasteiger partial charge >= 0.3 is 5.69 Å². The van der Waals surface area contributed by atoms with E-state index in [2.05, 4.69) is 5.32 Å². The fourth-order valence-corrected chi connectivity index (χ4v) is 3.43. The molecule has 3 rings (SSSR count). The quantitative estimate of drug-likeness (QED) is 0.590. The predicted molar refractivity (Wildman–Crippen MR) is 121 cm³/mol. The highest BCUT2D eigenvalue weighted by Crippen LogP contribution is 2.30. The molecule has 1 amide bonds. The highest BCUT2D eigenvalue weighted by Gasteiger charge is 2.19. The van der Waals surface area contributed by atoms with E-state index in [1.54, 1.807) is 45.2 Å². The van der Waals surface area contributed by atoms with E-state index < -0.39 is 17.2 Å².